The summed E-state index contributed by atoms with van der Waals surface area (Å²) in [6, 6.07) is 0. The van der Waals surface area contributed by atoms with Crippen LogP contribution in [0.5, 0.6) is 0 Å². The van der Waals surface area contributed by atoms with Crippen LogP contribution in [0.3, 0.4) is 0 Å². The molecule has 4 nitrogen and oxygen atoms in total. The van der Waals surface area contributed by atoms with Crippen LogP contribution in [0.15, 0.2) is 0 Å². The SMILES string of the molecule is CC[N+](CC)(CC)CC.O=S(=O)([O-])C(F)C(F)C(F)C(F)C(F)C(F)C(F)C(F)C(F)C(F)F. The van der Waals surface area contributed by atoms with E-state index < -0.39 is 71.4 Å². The Bertz CT molecular complexity index is 640. The van der Waals surface area contributed by atoms with E-state index in [1.165, 1.54) is 30.7 Å². The van der Waals surface area contributed by atoms with Crippen LogP contribution < -0.4 is 0 Å². The molecule has 0 aromatic heterocycles. The lowest BCUT2D eigenvalue weighted by molar-refractivity contribution is -0.921. The van der Waals surface area contributed by atoms with Crippen molar-refractivity contribution >= 4 is 10.1 Å². The lowest BCUT2D eigenvalue weighted by Crippen LogP contribution is -2.49. The van der Waals surface area contributed by atoms with Crippen molar-refractivity contribution in [1.82, 2.24) is 0 Å². The van der Waals surface area contributed by atoms with Crippen molar-refractivity contribution in [3.05, 3.63) is 0 Å². The van der Waals surface area contributed by atoms with Crippen molar-refractivity contribution < 1.29 is 65.7 Å². The molecule has 0 spiro atoms. The maximum atomic E-state index is 13.2. The number of halogens is 11. The fourth-order valence-electron chi connectivity index (χ4n) is 2.84. The zero-order valence-corrected chi connectivity index (χ0v) is 19.7. The van der Waals surface area contributed by atoms with E-state index in [0.29, 0.717) is 0 Å². The van der Waals surface area contributed by atoms with Crippen LogP contribution in [0.1, 0.15) is 27.7 Å². The molecule has 0 aliphatic heterocycles. The zero-order valence-electron chi connectivity index (χ0n) is 18.8. The maximum absolute atomic E-state index is 13.2. The number of hydrogen-bond donors (Lipinski definition) is 0. The third-order valence-electron chi connectivity index (χ3n) is 5.58. The highest BCUT2D eigenvalue weighted by atomic mass is 32.2. The molecule has 0 bridgehead atoms. The molecule has 0 fully saturated rings. The molecule has 0 radical (unpaired) electrons. The van der Waals surface area contributed by atoms with E-state index in [1.54, 1.807) is 0 Å². The summed E-state index contributed by atoms with van der Waals surface area (Å²) in [5, 5.41) is 0. The number of quaternary nitrogens is 1. The van der Waals surface area contributed by atoms with Gasteiger partial charge in [-0.3, -0.25) is 0 Å². The minimum absolute atomic E-state index is 1.28. The highest BCUT2D eigenvalue weighted by molar-refractivity contribution is 7.86. The van der Waals surface area contributed by atoms with E-state index in [2.05, 4.69) is 27.7 Å². The molecule has 0 aromatic rings. The summed E-state index contributed by atoms with van der Waals surface area (Å²) in [5.74, 6) is 0. The molecular weight excluding hydrogens is 519 g/mol. The molecular formula is C18H30F11NO3S. The minimum Gasteiger partial charge on any atom is -0.746 e. The summed E-state index contributed by atoms with van der Waals surface area (Å²) in [5.41, 5.74) is -4.23. The van der Waals surface area contributed by atoms with E-state index in [4.69, 9.17) is 0 Å². The van der Waals surface area contributed by atoms with Gasteiger partial charge in [0.25, 0.3) is 6.43 Å². The van der Waals surface area contributed by atoms with Gasteiger partial charge in [-0.2, -0.15) is 0 Å². The largest absolute Gasteiger partial charge is 0.746 e. The standard InChI is InChI=1S/C10H11F11O3S.C8H20N/c11-1(3(13)5(15)7(17)9(19)20)2(12)4(14)6(16)8(18)10(21)25(22,23)24;1-5-9(6-2,7-3)8-4/h1-10H,(H,22,23,24);5-8H2,1-4H3/q;+1/p-1. The average molecular weight is 549 g/mol. The second-order valence-corrected chi connectivity index (χ2v) is 8.78. The van der Waals surface area contributed by atoms with Gasteiger partial charge in [0, 0.05) is 0 Å². The lowest BCUT2D eigenvalue weighted by Gasteiger charge is -2.34. The van der Waals surface area contributed by atoms with Gasteiger partial charge in [0.2, 0.25) is 5.50 Å². The number of alkyl halides is 11. The minimum atomic E-state index is -6.16. The smallest absolute Gasteiger partial charge is 0.272 e. The van der Waals surface area contributed by atoms with Crippen LogP contribution in [-0.4, -0.2) is 105 Å². The van der Waals surface area contributed by atoms with Crippen LogP contribution in [-0.2, 0) is 10.1 Å². The molecule has 0 saturated carbocycles. The Kier molecular flexibility index (Phi) is 15.8. The number of hydrogen-bond acceptors (Lipinski definition) is 3. The third kappa shape index (κ3) is 9.99. The van der Waals surface area contributed by atoms with Crippen molar-refractivity contribution in [3.63, 3.8) is 0 Å². The molecule has 0 aromatic carbocycles. The summed E-state index contributed by atoms with van der Waals surface area (Å²) >= 11 is 0. The first-order valence-electron chi connectivity index (χ1n) is 10.2. The van der Waals surface area contributed by atoms with E-state index >= 15 is 0 Å². The van der Waals surface area contributed by atoms with Crippen LogP contribution in [0.4, 0.5) is 48.3 Å². The predicted octanol–water partition coefficient (Wildman–Crippen LogP) is 4.68. The topological polar surface area (TPSA) is 57.2 Å². The van der Waals surface area contributed by atoms with E-state index in [9.17, 15) is 61.3 Å². The Morgan fingerprint density at radius 2 is 0.765 bits per heavy atom. The summed E-state index contributed by atoms with van der Waals surface area (Å²) in [6.07, 6.45) is -37.0. The van der Waals surface area contributed by atoms with Gasteiger partial charge in [-0.15, -0.1) is 0 Å². The van der Waals surface area contributed by atoms with Crippen molar-refractivity contribution in [2.24, 2.45) is 0 Å². The normalized spacial score (nSPS) is 20.9. The highest BCUT2D eigenvalue weighted by Gasteiger charge is 2.50. The fourth-order valence-corrected chi connectivity index (χ4v) is 3.31. The zero-order chi connectivity index (χ0) is 27.6. The van der Waals surface area contributed by atoms with Gasteiger partial charge in [0.05, 0.1) is 26.2 Å². The van der Waals surface area contributed by atoms with Crippen molar-refractivity contribution in [2.75, 3.05) is 26.2 Å². The number of nitrogens with zero attached hydrogens (tertiary/aromatic N) is 1. The quantitative estimate of drug-likeness (QED) is 0.180. The summed E-state index contributed by atoms with van der Waals surface area (Å²) in [7, 11) is -6.16. The Morgan fingerprint density at radius 3 is 0.941 bits per heavy atom. The van der Waals surface area contributed by atoms with E-state index in [0.717, 1.165) is 0 Å². The monoisotopic (exact) mass is 549 g/mol. The van der Waals surface area contributed by atoms with Gasteiger partial charge in [0.1, 0.15) is 10.1 Å². The Balaban J connectivity index is 0. The van der Waals surface area contributed by atoms with Gasteiger partial charge in [-0.05, 0) is 27.7 Å². The van der Waals surface area contributed by atoms with Gasteiger partial charge < -0.3 is 9.04 Å². The van der Waals surface area contributed by atoms with Gasteiger partial charge in [-0.1, -0.05) is 0 Å². The van der Waals surface area contributed by atoms with Gasteiger partial charge in [-0.25, -0.2) is 56.7 Å². The van der Waals surface area contributed by atoms with E-state index in [-0.39, 0.29) is 0 Å². The van der Waals surface area contributed by atoms with Crippen LogP contribution in [0.25, 0.3) is 0 Å². The average Bonchev–Trinajstić information content (AvgIpc) is 2.81. The summed E-state index contributed by atoms with van der Waals surface area (Å²) < 4.78 is 172. The molecule has 0 rings (SSSR count). The van der Waals surface area contributed by atoms with Gasteiger partial charge in [0.15, 0.2) is 49.4 Å². The van der Waals surface area contributed by atoms with Crippen LogP contribution >= 0.6 is 0 Å². The molecule has 0 heterocycles. The van der Waals surface area contributed by atoms with Crippen LogP contribution in [0, 0.1) is 0 Å². The Labute approximate surface area is 191 Å². The predicted molar refractivity (Wildman–Crippen MR) is 102 cm³/mol. The molecule has 0 aliphatic rings. The maximum Gasteiger partial charge on any atom is 0.272 e. The first-order chi connectivity index (χ1) is 15.4. The van der Waals surface area contributed by atoms with Gasteiger partial charge >= 0.3 is 0 Å². The second-order valence-electron chi connectivity index (χ2n) is 7.34. The fraction of sp³-hybridized carbons (Fsp3) is 1.00. The Hall–Kier alpha value is -0.900. The molecule has 0 N–H and O–H groups in total. The molecule has 208 valence electrons. The van der Waals surface area contributed by atoms with E-state index in [1.807, 2.05) is 0 Å². The molecule has 9 atom stereocenters. The Morgan fingerprint density at radius 1 is 0.529 bits per heavy atom. The lowest BCUT2D eigenvalue weighted by atomic mass is 9.98. The third-order valence-corrected chi connectivity index (χ3v) is 6.39. The molecule has 0 saturated heterocycles. The molecule has 34 heavy (non-hydrogen) atoms. The highest BCUT2D eigenvalue weighted by Crippen LogP contribution is 2.30. The second kappa shape index (κ2) is 15.3. The molecule has 0 amide bonds. The first kappa shape index (κ1) is 35.3. The van der Waals surface area contributed by atoms with Crippen LogP contribution in [0.2, 0.25) is 0 Å². The summed E-state index contributed by atoms with van der Waals surface area (Å²) in [4.78, 5) is 0. The summed E-state index contributed by atoms with van der Waals surface area (Å²) in [6.45, 7) is 14.2. The van der Waals surface area contributed by atoms with Crippen molar-refractivity contribution in [2.45, 2.75) is 89.0 Å². The molecule has 16 heteroatoms. The number of rotatable bonds is 14. The first-order valence-corrected chi connectivity index (χ1v) is 11.7. The van der Waals surface area contributed by atoms with Crippen molar-refractivity contribution in [1.29, 1.82) is 0 Å². The molecule has 9 unspecified atom stereocenters. The van der Waals surface area contributed by atoms with Crippen molar-refractivity contribution in [3.8, 4) is 0 Å². The molecule has 0 aliphatic carbocycles.